The first-order valence-electron chi connectivity index (χ1n) is 8.67. The molecule has 152 valence electrons. The molecule has 0 aliphatic carbocycles. The van der Waals surface area contributed by atoms with Crippen molar-refractivity contribution in [3.05, 3.63) is 65.7 Å². The molecule has 2 aromatic rings. The minimum absolute atomic E-state index is 0.312. The summed E-state index contributed by atoms with van der Waals surface area (Å²) >= 11 is 0. The fraction of sp³-hybridized carbons (Fsp3) is 0.200. The first-order valence-corrected chi connectivity index (χ1v) is 8.67. The summed E-state index contributed by atoms with van der Waals surface area (Å²) in [5, 5.41) is 2.40. The Hall–Kier alpha value is -3.88. The topological polar surface area (TPSA) is 123 Å². The van der Waals surface area contributed by atoms with Gasteiger partial charge >= 0.3 is 5.97 Å². The van der Waals surface area contributed by atoms with Crippen molar-refractivity contribution in [2.75, 3.05) is 13.7 Å². The lowest BCUT2D eigenvalue weighted by Gasteiger charge is -2.14. The van der Waals surface area contributed by atoms with Crippen LogP contribution in [0.1, 0.15) is 27.6 Å². The molecule has 3 N–H and O–H groups in total. The molecule has 2 rings (SSSR count). The lowest BCUT2D eigenvalue weighted by atomic mass is 10.2. The molecule has 0 bridgehead atoms. The molecule has 2 aromatic carbocycles. The first kappa shape index (κ1) is 21.4. The highest BCUT2D eigenvalue weighted by atomic mass is 16.5. The summed E-state index contributed by atoms with van der Waals surface area (Å²) in [5.41, 5.74) is 5.07. The van der Waals surface area contributed by atoms with E-state index in [1.165, 1.54) is 20.1 Å². The summed E-state index contributed by atoms with van der Waals surface area (Å²) in [6.45, 7) is 0.913. The van der Waals surface area contributed by atoms with E-state index in [2.05, 4.69) is 16.2 Å². The van der Waals surface area contributed by atoms with Gasteiger partial charge in [0.1, 0.15) is 12.3 Å². The summed E-state index contributed by atoms with van der Waals surface area (Å²) in [6.07, 6.45) is -1.17. The largest absolute Gasteiger partial charge is 0.497 e. The number of rotatable bonds is 7. The second-order valence-electron chi connectivity index (χ2n) is 5.86. The number of amides is 3. The number of esters is 1. The Balaban J connectivity index is 1.75. The number of methoxy groups -OCH3 is 1. The van der Waals surface area contributed by atoms with Crippen LogP contribution in [0.25, 0.3) is 0 Å². The molecule has 0 saturated carbocycles. The van der Waals surface area contributed by atoms with Gasteiger partial charge in [-0.05, 0) is 37.3 Å². The number of hydrogen-bond acceptors (Lipinski definition) is 6. The van der Waals surface area contributed by atoms with Crippen molar-refractivity contribution < 1.29 is 28.7 Å². The zero-order valence-electron chi connectivity index (χ0n) is 15.9. The van der Waals surface area contributed by atoms with Crippen LogP contribution in [0.2, 0.25) is 0 Å². The number of hydrazine groups is 1. The zero-order chi connectivity index (χ0) is 21.2. The minimum atomic E-state index is -1.17. The van der Waals surface area contributed by atoms with Gasteiger partial charge in [-0.1, -0.05) is 24.3 Å². The van der Waals surface area contributed by atoms with E-state index in [9.17, 15) is 19.2 Å². The third-order valence-electron chi connectivity index (χ3n) is 3.74. The van der Waals surface area contributed by atoms with Crippen LogP contribution < -0.4 is 20.9 Å². The molecule has 3 amide bonds. The summed E-state index contributed by atoms with van der Waals surface area (Å²) in [5.74, 6) is -2.03. The van der Waals surface area contributed by atoms with E-state index in [1.807, 2.05) is 0 Å². The first-order chi connectivity index (χ1) is 13.9. The van der Waals surface area contributed by atoms with Crippen LogP contribution >= 0.6 is 0 Å². The average Bonchev–Trinajstić information content (AvgIpc) is 2.76. The highest BCUT2D eigenvalue weighted by Gasteiger charge is 2.19. The molecule has 9 nitrogen and oxygen atoms in total. The summed E-state index contributed by atoms with van der Waals surface area (Å²) in [7, 11) is 1.48. The van der Waals surface area contributed by atoms with Gasteiger partial charge in [-0.25, -0.2) is 0 Å². The summed E-state index contributed by atoms with van der Waals surface area (Å²) in [4.78, 5) is 47.7. The van der Waals surface area contributed by atoms with Crippen molar-refractivity contribution in [3.8, 4) is 5.75 Å². The molecule has 0 fully saturated rings. The van der Waals surface area contributed by atoms with E-state index in [1.54, 1.807) is 48.5 Å². The van der Waals surface area contributed by atoms with Crippen molar-refractivity contribution in [3.63, 3.8) is 0 Å². The molecule has 0 unspecified atom stereocenters. The molecular weight excluding hydrogens is 378 g/mol. The third kappa shape index (κ3) is 6.65. The maximum Gasteiger partial charge on any atom is 0.326 e. The normalized spacial score (nSPS) is 11.0. The van der Waals surface area contributed by atoms with E-state index in [-0.39, 0.29) is 0 Å². The molecule has 9 heteroatoms. The van der Waals surface area contributed by atoms with Crippen LogP contribution in [-0.4, -0.2) is 43.4 Å². The zero-order valence-corrected chi connectivity index (χ0v) is 15.9. The molecule has 29 heavy (non-hydrogen) atoms. The molecule has 1 atom stereocenters. The molecule has 0 saturated heterocycles. The lowest BCUT2D eigenvalue weighted by Crippen LogP contribution is -2.47. The Morgan fingerprint density at radius 3 is 2.28 bits per heavy atom. The number of hydrogen-bond donors (Lipinski definition) is 3. The van der Waals surface area contributed by atoms with Gasteiger partial charge < -0.3 is 14.8 Å². The quantitative estimate of drug-likeness (QED) is 0.468. The summed E-state index contributed by atoms with van der Waals surface area (Å²) in [6, 6.07) is 14.7. The second kappa shape index (κ2) is 10.5. The maximum absolute atomic E-state index is 12.0. The molecule has 0 radical (unpaired) electrons. The number of nitrogens with one attached hydrogen (secondary N) is 3. The Bertz CT molecular complexity index is 885. The maximum atomic E-state index is 12.0. The standard InChI is InChI=1S/C20H21N3O6/c1-13(18(25)22-23-20(27)14-7-4-3-5-8-14)29-17(24)12-21-19(26)15-9-6-10-16(11-15)28-2/h3-11,13H,12H2,1-2H3,(H,21,26)(H,22,25)(H,23,27)/t13-/m0/s1. The van der Waals surface area contributed by atoms with Crippen LogP contribution in [0.5, 0.6) is 5.75 Å². The summed E-state index contributed by atoms with van der Waals surface area (Å²) < 4.78 is 9.97. The van der Waals surface area contributed by atoms with Crippen molar-refractivity contribution in [1.29, 1.82) is 0 Å². The Labute approximate surface area is 167 Å². The predicted molar refractivity (Wildman–Crippen MR) is 103 cm³/mol. The van der Waals surface area contributed by atoms with Gasteiger partial charge in [0.2, 0.25) is 0 Å². The molecule has 0 aromatic heterocycles. The molecule has 0 aliphatic rings. The van der Waals surface area contributed by atoms with Gasteiger partial charge in [-0.3, -0.25) is 30.0 Å². The molecule has 0 heterocycles. The van der Waals surface area contributed by atoms with Crippen molar-refractivity contribution in [2.45, 2.75) is 13.0 Å². The van der Waals surface area contributed by atoms with Gasteiger partial charge in [0.25, 0.3) is 17.7 Å². The van der Waals surface area contributed by atoms with Crippen LogP contribution in [-0.2, 0) is 14.3 Å². The SMILES string of the molecule is COc1cccc(C(=O)NCC(=O)O[C@@H](C)C(=O)NNC(=O)c2ccccc2)c1. The number of ether oxygens (including phenoxy) is 2. The van der Waals surface area contributed by atoms with E-state index < -0.39 is 36.3 Å². The van der Waals surface area contributed by atoms with E-state index in [4.69, 9.17) is 9.47 Å². The monoisotopic (exact) mass is 399 g/mol. The van der Waals surface area contributed by atoms with E-state index >= 15 is 0 Å². The smallest absolute Gasteiger partial charge is 0.326 e. The highest BCUT2D eigenvalue weighted by molar-refractivity contribution is 5.97. The van der Waals surface area contributed by atoms with Gasteiger partial charge in [-0.2, -0.15) is 0 Å². The van der Waals surface area contributed by atoms with Crippen LogP contribution in [0.4, 0.5) is 0 Å². The molecule has 0 aliphatic heterocycles. The van der Waals surface area contributed by atoms with Crippen LogP contribution in [0, 0.1) is 0 Å². The second-order valence-corrected chi connectivity index (χ2v) is 5.86. The van der Waals surface area contributed by atoms with Gasteiger partial charge in [0, 0.05) is 11.1 Å². The van der Waals surface area contributed by atoms with Gasteiger partial charge in [0.05, 0.1) is 7.11 Å². The Kier molecular flexibility index (Phi) is 7.72. The fourth-order valence-electron chi connectivity index (χ4n) is 2.19. The number of carbonyl (C=O) groups excluding carboxylic acids is 4. The van der Waals surface area contributed by atoms with Crippen molar-refractivity contribution in [1.82, 2.24) is 16.2 Å². The average molecular weight is 399 g/mol. The van der Waals surface area contributed by atoms with Gasteiger partial charge in [-0.15, -0.1) is 0 Å². The van der Waals surface area contributed by atoms with Crippen LogP contribution in [0.15, 0.2) is 54.6 Å². The molecular formula is C20H21N3O6. The predicted octanol–water partition coefficient (Wildman–Crippen LogP) is 0.818. The van der Waals surface area contributed by atoms with Crippen molar-refractivity contribution in [2.24, 2.45) is 0 Å². The van der Waals surface area contributed by atoms with Gasteiger partial charge in [0.15, 0.2) is 6.10 Å². The van der Waals surface area contributed by atoms with E-state index in [0.29, 0.717) is 16.9 Å². The Morgan fingerprint density at radius 1 is 0.897 bits per heavy atom. The lowest BCUT2D eigenvalue weighted by molar-refractivity contribution is -0.154. The van der Waals surface area contributed by atoms with Crippen molar-refractivity contribution >= 4 is 23.7 Å². The Morgan fingerprint density at radius 2 is 1.59 bits per heavy atom. The fourth-order valence-corrected chi connectivity index (χ4v) is 2.19. The molecule has 0 spiro atoms. The number of benzene rings is 2. The number of carbonyl (C=O) groups is 4. The third-order valence-corrected chi connectivity index (χ3v) is 3.74. The highest BCUT2D eigenvalue weighted by Crippen LogP contribution is 2.12. The van der Waals surface area contributed by atoms with E-state index in [0.717, 1.165) is 0 Å². The minimum Gasteiger partial charge on any atom is -0.497 e. The van der Waals surface area contributed by atoms with Crippen LogP contribution in [0.3, 0.4) is 0 Å².